The molecule has 2 aromatic rings. The summed E-state index contributed by atoms with van der Waals surface area (Å²) in [6.45, 7) is 2.20. The molecule has 0 amide bonds. The highest BCUT2D eigenvalue weighted by Gasteiger charge is 2.23. The van der Waals surface area contributed by atoms with Gasteiger partial charge in [0.25, 0.3) is 0 Å². The van der Waals surface area contributed by atoms with Gasteiger partial charge in [0.05, 0.1) is 5.52 Å². The number of H-pyrrole nitrogens is 1. The summed E-state index contributed by atoms with van der Waals surface area (Å²) in [6, 6.07) is 6.16. The van der Waals surface area contributed by atoms with E-state index in [4.69, 9.17) is 4.42 Å². The summed E-state index contributed by atoms with van der Waals surface area (Å²) in [5, 5.41) is 3.45. The molecule has 0 spiro atoms. The molecule has 1 aromatic carbocycles. The second-order valence-electron chi connectivity index (χ2n) is 4.95. The van der Waals surface area contributed by atoms with Crippen molar-refractivity contribution in [2.45, 2.75) is 32.2 Å². The zero-order valence-corrected chi connectivity index (χ0v) is 9.82. The van der Waals surface area contributed by atoms with Crippen molar-refractivity contribution >= 4 is 16.8 Å². The molecule has 1 unspecified atom stereocenters. The van der Waals surface area contributed by atoms with E-state index in [2.05, 4.69) is 17.2 Å². The number of aromatic amines is 1. The molecule has 1 heterocycles. The van der Waals surface area contributed by atoms with Gasteiger partial charge in [0.15, 0.2) is 5.58 Å². The van der Waals surface area contributed by atoms with Crippen molar-refractivity contribution in [2.75, 3.05) is 5.32 Å². The molecule has 2 N–H and O–H groups in total. The van der Waals surface area contributed by atoms with Crippen molar-refractivity contribution < 1.29 is 4.42 Å². The summed E-state index contributed by atoms with van der Waals surface area (Å²) in [4.78, 5) is 13.7. The SMILES string of the molecule is CC(CC1CC1)Nc1ccc2oc(=O)[nH]c2c1. The van der Waals surface area contributed by atoms with Crippen LogP contribution in [0, 0.1) is 5.92 Å². The molecular formula is C13H16N2O2. The van der Waals surface area contributed by atoms with Crippen LogP contribution < -0.4 is 11.1 Å². The average Bonchev–Trinajstić information content (AvgIpc) is 2.98. The van der Waals surface area contributed by atoms with Crippen LogP contribution in [0.4, 0.5) is 5.69 Å². The lowest BCUT2D eigenvalue weighted by Gasteiger charge is -2.14. The van der Waals surface area contributed by atoms with E-state index in [1.807, 2.05) is 18.2 Å². The molecule has 1 aliphatic carbocycles. The Balaban J connectivity index is 1.77. The molecule has 3 rings (SSSR count). The Morgan fingerprint density at radius 3 is 3.12 bits per heavy atom. The van der Waals surface area contributed by atoms with E-state index in [1.165, 1.54) is 19.3 Å². The molecule has 90 valence electrons. The fraction of sp³-hybridized carbons (Fsp3) is 0.462. The number of anilines is 1. The first-order chi connectivity index (χ1) is 8.20. The van der Waals surface area contributed by atoms with Crippen molar-refractivity contribution in [3.05, 3.63) is 28.7 Å². The Hall–Kier alpha value is -1.71. The van der Waals surface area contributed by atoms with E-state index in [1.54, 1.807) is 0 Å². The molecule has 0 radical (unpaired) electrons. The van der Waals surface area contributed by atoms with Gasteiger partial charge < -0.3 is 9.73 Å². The molecule has 0 saturated heterocycles. The fourth-order valence-electron chi connectivity index (χ4n) is 2.24. The summed E-state index contributed by atoms with van der Waals surface area (Å²) < 4.78 is 4.96. The van der Waals surface area contributed by atoms with Gasteiger partial charge >= 0.3 is 5.76 Å². The Kier molecular flexibility index (Phi) is 2.42. The maximum atomic E-state index is 11.0. The van der Waals surface area contributed by atoms with Gasteiger partial charge in [-0.1, -0.05) is 12.8 Å². The standard InChI is InChI=1S/C13H16N2O2/c1-8(6-9-2-3-9)14-10-4-5-12-11(7-10)15-13(16)17-12/h4-5,7-9,14H,2-3,6H2,1H3,(H,15,16). The minimum absolute atomic E-state index is 0.400. The van der Waals surface area contributed by atoms with Crippen LogP contribution >= 0.6 is 0 Å². The number of nitrogens with one attached hydrogen (secondary N) is 2. The number of benzene rings is 1. The molecule has 0 bridgehead atoms. The quantitative estimate of drug-likeness (QED) is 0.852. The van der Waals surface area contributed by atoms with Crippen LogP contribution in [0.15, 0.2) is 27.4 Å². The predicted octanol–water partition coefficient (Wildman–Crippen LogP) is 2.72. The van der Waals surface area contributed by atoms with Crippen LogP contribution in [0.3, 0.4) is 0 Å². The number of fused-ring (bicyclic) bond motifs is 1. The number of hydrogen-bond acceptors (Lipinski definition) is 3. The third kappa shape index (κ3) is 2.35. The van der Waals surface area contributed by atoms with Gasteiger partial charge in [-0.15, -0.1) is 0 Å². The third-order valence-corrected chi connectivity index (χ3v) is 3.22. The Morgan fingerprint density at radius 2 is 2.35 bits per heavy atom. The van der Waals surface area contributed by atoms with E-state index in [-0.39, 0.29) is 0 Å². The van der Waals surface area contributed by atoms with Gasteiger partial charge in [-0.3, -0.25) is 4.98 Å². The van der Waals surface area contributed by atoms with E-state index in [0.29, 0.717) is 11.6 Å². The van der Waals surface area contributed by atoms with Crippen LogP contribution in [-0.4, -0.2) is 11.0 Å². The minimum Gasteiger partial charge on any atom is -0.408 e. The smallest absolute Gasteiger partial charge is 0.408 e. The maximum Gasteiger partial charge on any atom is 0.417 e. The number of rotatable bonds is 4. The summed E-state index contributed by atoms with van der Waals surface area (Å²) >= 11 is 0. The lowest BCUT2D eigenvalue weighted by molar-refractivity contribution is 0.555. The highest BCUT2D eigenvalue weighted by Crippen LogP contribution is 2.34. The minimum atomic E-state index is -0.400. The van der Waals surface area contributed by atoms with Crippen molar-refractivity contribution in [1.82, 2.24) is 4.98 Å². The molecule has 4 nitrogen and oxygen atoms in total. The first kappa shape index (κ1) is 10.4. The van der Waals surface area contributed by atoms with Crippen LogP contribution in [0.25, 0.3) is 11.1 Å². The van der Waals surface area contributed by atoms with Gasteiger partial charge in [0.2, 0.25) is 0 Å². The second-order valence-corrected chi connectivity index (χ2v) is 4.95. The predicted molar refractivity (Wildman–Crippen MR) is 67.3 cm³/mol. The van der Waals surface area contributed by atoms with Crippen LogP contribution in [-0.2, 0) is 0 Å². The maximum absolute atomic E-state index is 11.0. The zero-order valence-electron chi connectivity index (χ0n) is 9.82. The summed E-state index contributed by atoms with van der Waals surface area (Å²) in [7, 11) is 0. The molecule has 1 aromatic heterocycles. The van der Waals surface area contributed by atoms with Gasteiger partial charge in [-0.2, -0.15) is 0 Å². The molecule has 1 fully saturated rings. The van der Waals surface area contributed by atoms with E-state index >= 15 is 0 Å². The lowest BCUT2D eigenvalue weighted by Crippen LogP contribution is -2.15. The molecule has 1 saturated carbocycles. The van der Waals surface area contributed by atoms with Crippen LogP contribution in [0.1, 0.15) is 26.2 Å². The normalized spacial score (nSPS) is 17.2. The largest absolute Gasteiger partial charge is 0.417 e. The van der Waals surface area contributed by atoms with Crippen molar-refractivity contribution in [1.29, 1.82) is 0 Å². The van der Waals surface area contributed by atoms with E-state index in [9.17, 15) is 4.79 Å². The zero-order chi connectivity index (χ0) is 11.8. The fourth-order valence-corrected chi connectivity index (χ4v) is 2.24. The van der Waals surface area contributed by atoms with Crippen LogP contribution in [0.2, 0.25) is 0 Å². The Morgan fingerprint density at radius 1 is 1.53 bits per heavy atom. The highest BCUT2D eigenvalue weighted by molar-refractivity contribution is 5.76. The first-order valence-corrected chi connectivity index (χ1v) is 6.10. The monoisotopic (exact) mass is 232 g/mol. The van der Waals surface area contributed by atoms with Crippen molar-refractivity contribution in [3.8, 4) is 0 Å². The first-order valence-electron chi connectivity index (χ1n) is 6.10. The lowest BCUT2D eigenvalue weighted by atomic mass is 10.1. The topological polar surface area (TPSA) is 58.0 Å². The number of oxazole rings is 1. The molecule has 0 aliphatic heterocycles. The van der Waals surface area contributed by atoms with Gasteiger partial charge in [-0.25, -0.2) is 4.79 Å². The molecule has 1 aliphatic rings. The molecule has 1 atom stereocenters. The van der Waals surface area contributed by atoms with Gasteiger partial charge in [-0.05, 0) is 37.5 Å². The van der Waals surface area contributed by atoms with Gasteiger partial charge in [0, 0.05) is 11.7 Å². The molecular weight excluding hydrogens is 216 g/mol. The number of aromatic nitrogens is 1. The van der Waals surface area contributed by atoms with Gasteiger partial charge in [0.1, 0.15) is 0 Å². The Labute approximate surface area is 99.0 Å². The summed E-state index contributed by atoms with van der Waals surface area (Å²) in [5.41, 5.74) is 2.39. The van der Waals surface area contributed by atoms with Crippen LogP contribution in [0.5, 0.6) is 0 Å². The average molecular weight is 232 g/mol. The van der Waals surface area contributed by atoms with E-state index < -0.39 is 5.76 Å². The molecule has 4 heteroatoms. The summed E-state index contributed by atoms with van der Waals surface area (Å²) in [5.74, 6) is 0.512. The van der Waals surface area contributed by atoms with E-state index in [0.717, 1.165) is 17.1 Å². The molecule has 17 heavy (non-hydrogen) atoms. The Bertz CT molecular complexity index is 580. The van der Waals surface area contributed by atoms with Crippen molar-refractivity contribution in [2.24, 2.45) is 5.92 Å². The second kappa shape index (κ2) is 3.95. The number of hydrogen-bond donors (Lipinski definition) is 2. The summed E-state index contributed by atoms with van der Waals surface area (Å²) in [6.07, 6.45) is 3.97. The highest BCUT2D eigenvalue weighted by atomic mass is 16.4. The third-order valence-electron chi connectivity index (χ3n) is 3.22. The van der Waals surface area contributed by atoms with Crippen molar-refractivity contribution in [3.63, 3.8) is 0 Å².